The molecular formula is C15H15F2NO. The van der Waals surface area contributed by atoms with E-state index in [4.69, 9.17) is 0 Å². The highest BCUT2D eigenvalue weighted by atomic mass is 19.1. The van der Waals surface area contributed by atoms with Crippen molar-refractivity contribution in [3.05, 3.63) is 65.7 Å². The molecular weight excluding hydrogens is 248 g/mol. The molecule has 2 aromatic rings. The van der Waals surface area contributed by atoms with Gasteiger partial charge in [-0.15, -0.1) is 0 Å². The second-order valence-corrected chi connectivity index (χ2v) is 4.57. The van der Waals surface area contributed by atoms with Crippen LogP contribution in [0, 0.1) is 11.6 Å². The highest BCUT2D eigenvalue weighted by molar-refractivity contribution is 5.49. The van der Waals surface area contributed by atoms with Gasteiger partial charge in [0, 0.05) is 5.56 Å². The molecule has 100 valence electrons. The predicted octanol–water partition coefficient (Wildman–Crippen LogP) is 3.28. The molecule has 0 spiro atoms. The van der Waals surface area contributed by atoms with E-state index in [0.29, 0.717) is 5.56 Å². The molecule has 0 radical (unpaired) electrons. The van der Waals surface area contributed by atoms with E-state index in [1.807, 2.05) is 0 Å². The zero-order valence-corrected chi connectivity index (χ0v) is 10.5. The third-order valence-corrected chi connectivity index (χ3v) is 3.07. The summed E-state index contributed by atoms with van der Waals surface area (Å²) in [5.74, 6) is -0.888. The molecule has 0 aromatic heterocycles. The maximum absolute atomic E-state index is 13.8. The van der Waals surface area contributed by atoms with E-state index < -0.39 is 17.2 Å². The minimum absolute atomic E-state index is 0.224. The Morgan fingerprint density at radius 1 is 1.00 bits per heavy atom. The van der Waals surface area contributed by atoms with Crippen LogP contribution < -0.4 is 5.32 Å². The maximum Gasteiger partial charge on any atom is 0.146 e. The molecule has 0 saturated heterocycles. The Kier molecular flexibility index (Phi) is 3.81. The molecule has 0 aliphatic rings. The summed E-state index contributed by atoms with van der Waals surface area (Å²) in [4.78, 5) is 0. The van der Waals surface area contributed by atoms with Crippen LogP contribution >= 0.6 is 0 Å². The molecule has 0 heterocycles. The lowest BCUT2D eigenvalue weighted by atomic mass is 9.92. The first-order valence-electron chi connectivity index (χ1n) is 5.95. The van der Waals surface area contributed by atoms with Crippen LogP contribution in [0.5, 0.6) is 0 Å². The number of halogens is 2. The summed E-state index contributed by atoms with van der Waals surface area (Å²) in [6.45, 7) is 1.26. The number of rotatable bonds is 4. The Hall–Kier alpha value is -1.94. The van der Waals surface area contributed by atoms with Gasteiger partial charge in [-0.3, -0.25) is 0 Å². The van der Waals surface area contributed by atoms with Crippen molar-refractivity contribution >= 4 is 5.69 Å². The van der Waals surface area contributed by atoms with Gasteiger partial charge in [0.05, 0.1) is 17.8 Å². The summed E-state index contributed by atoms with van der Waals surface area (Å²) >= 11 is 0. The number of anilines is 1. The normalized spacial score (nSPS) is 13.9. The van der Waals surface area contributed by atoms with E-state index in [0.717, 1.165) is 0 Å². The number of nitrogens with one attached hydrogen (secondary N) is 1. The van der Waals surface area contributed by atoms with Crippen molar-refractivity contribution in [1.82, 2.24) is 0 Å². The lowest BCUT2D eigenvalue weighted by molar-refractivity contribution is 0.220. The van der Waals surface area contributed by atoms with Gasteiger partial charge >= 0.3 is 0 Å². The van der Waals surface area contributed by atoms with Crippen LogP contribution in [0.15, 0.2) is 48.5 Å². The fourth-order valence-electron chi connectivity index (χ4n) is 1.96. The van der Waals surface area contributed by atoms with Crippen molar-refractivity contribution in [2.24, 2.45) is 0 Å². The van der Waals surface area contributed by atoms with E-state index in [2.05, 4.69) is 5.32 Å². The van der Waals surface area contributed by atoms with Gasteiger partial charge in [0.15, 0.2) is 0 Å². The third kappa shape index (κ3) is 2.74. The highest BCUT2D eigenvalue weighted by Gasteiger charge is 2.29. The van der Waals surface area contributed by atoms with Crippen molar-refractivity contribution in [3.8, 4) is 0 Å². The predicted molar refractivity (Wildman–Crippen MR) is 70.9 cm³/mol. The second kappa shape index (κ2) is 5.36. The number of aliphatic hydroxyl groups is 1. The molecule has 2 aromatic carbocycles. The van der Waals surface area contributed by atoms with Crippen molar-refractivity contribution in [2.75, 3.05) is 11.9 Å². The van der Waals surface area contributed by atoms with Crippen LogP contribution in [0.1, 0.15) is 12.5 Å². The average Bonchev–Trinajstić information content (AvgIpc) is 2.42. The topological polar surface area (TPSA) is 32.3 Å². The molecule has 0 amide bonds. The minimum atomic E-state index is -1.09. The first kappa shape index (κ1) is 13.5. The zero-order valence-electron chi connectivity index (χ0n) is 10.5. The van der Waals surface area contributed by atoms with Crippen LogP contribution in [0.3, 0.4) is 0 Å². The third-order valence-electron chi connectivity index (χ3n) is 3.07. The molecule has 2 nitrogen and oxygen atoms in total. The molecule has 19 heavy (non-hydrogen) atoms. The summed E-state index contributed by atoms with van der Waals surface area (Å²) in [5, 5.41) is 12.4. The summed E-state index contributed by atoms with van der Waals surface area (Å²) in [7, 11) is 0. The lowest BCUT2D eigenvalue weighted by Crippen LogP contribution is -2.37. The lowest BCUT2D eigenvalue weighted by Gasteiger charge is -2.31. The van der Waals surface area contributed by atoms with E-state index >= 15 is 0 Å². The Balaban J connectivity index is 2.39. The first-order chi connectivity index (χ1) is 9.07. The van der Waals surface area contributed by atoms with Gasteiger partial charge < -0.3 is 10.4 Å². The number of aliphatic hydroxyl groups excluding tert-OH is 1. The van der Waals surface area contributed by atoms with Crippen molar-refractivity contribution in [1.29, 1.82) is 0 Å². The number of hydrogen-bond donors (Lipinski definition) is 2. The van der Waals surface area contributed by atoms with Gasteiger partial charge in [-0.05, 0) is 25.1 Å². The van der Waals surface area contributed by atoms with Gasteiger partial charge in [-0.25, -0.2) is 8.78 Å². The van der Waals surface area contributed by atoms with Gasteiger partial charge in [-0.2, -0.15) is 0 Å². The molecule has 2 rings (SSSR count). The smallest absolute Gasteiger partial charge is 0.146 e. The Labute approximate surface area is 110 Å². The summed E-state index contributed by atoms with van der Waals surface area (Å²) < 4.78 is 27.5. The monoisotopic (exact) mass is 263 g/mol. The first-order valence-corrected chi connectivity index (χ1v) is 5.95. The van der Waals surface area contributed by atoms with Crippen LogP contribution in [0.2, 0.25) is 0 Å². The van der Waals surface area contributed by atoms with Crippen LogP contribution in [0.4, 0.5) is 14.5 Å². The van der Waals surface area contributed by atoms with Gasteiger partial charge in [-0.1, -0.05) is 30.3 Å². The summed E-state index contributed by atoms with van der Waals surface area (Å²) in [5.41, 5.74) is -0.573. The minimum Gasteiger partial charge on any atom is -0.394 e. The van der Waals surface area contributed by atoms with Crippen molar-refractivity contribution in [3.63, 3.8) is 0 Å². The molecule has 1 atom stereocenters. The second-order valence-electron chi connectivity index (χ2n) is 4.57. The summed E-state index contributed by atoms with van der Waals surface area (Å²) in [6, 6.07) is 12.2. The average molecular weight is 263 g/mol. The Morgan fingerprint density at radius 2 is 1.58 bits per heavy atom. The molecule has 0 aliphatic heterocycles. The maximum atomic E-state index is 13.8. The molecule has 0 aliphatic carbocycles. The van der Waals surface area contributed by atoms with Crippen LogP contribution in [0.25, 0.3) is 0 Å². The Bertz CT molecular complexity index is 574. The number of benzene rings is 2. The van der Waals surface area contributed by atoms with E-state index in [-0.39, 0.29) is 12.3 Å². The van der Waals surface area contributed by atoms with Crippen LogP contribution in [-0.4, -0.2) is 11.7 Å². The van der Waals surface area contributed by atoms with Gasteiger partial charge in [0.25, 0.3) is 0 Å². The fraction of sp³-hybridized carbons (Fsp3) is 0.200. The molecule has 0 saturated carbocycles. The summed E-state index contributed by atoms with van der Waals surface area (Å²) in [6.07, 6.45) is 0. The standard InChI is InChI=1S/C15H15F2NO/c1-15(10-19,11-6-2-3-7-12(11)16)18-14-9-5-4-8-13(14)17/h2-9,18-19H,10H2,1H3. The number of para-hydroxylation sites is 1. The van der Waals surface area contributed by atoms with Crippen molar-refractivity contribution < 1.29 is 13.9 Å². The van der Waals surface area contributed by atoms with Crippen molar-refractivity contribution in [2.45, 2.75) is 12.5 Å². The SMILES string of the molecule is CC(CO)(Nc1ccccc1F)c1ccccc1F. The quantitative estimate of drug-likeness (QED) is 0.887. The molecule has 2 N–H and O–H groups in total. The van der Waals surface area contributed by atoms with Gasteiger partial charge in [0.2, 0.25) is 0 Å². The van der Waals surface area contributed by atoms with Crippen LogP contribution in [-0.2, 0) is 5.54 Å². The Morgan fingerprint density at radius 3 is 2.16 bits per heavy atom. The largest absolute Gasteiger partial charge is 0.394 e. The molecule has 4 heteroatoms. The zero-order chi connectivity index (χ0) is 13.9. The van der Waals surface area contributed by atoms with Gasteiger partial charge in [0.1, 0.15) is 11.6 Å². The van der Waals surface area contributed by atoms with E-state index in [1.165, 1.54) is 12.1 Å². The number of hydrogen-bond acceptors (Lipinski definition) is 2. The van der Waals surface area contributed by atoms with E-state index in [9.17, 15) is 13.9 Å². The molecule has 0 fully saturated rings. The molecule has 0 bridgehead atoms. The highest BCUT2D eigenvalue weighted by Crippen LogP contribution is 2.28. The molecule has 1 unspecified atom stereocenters. The fourth-order valence-corrected chi connectivity index (χ4v) is 1.96. The van der Waals surface area contributed by atoms with E-state index in [1.54, 1.807) is 43.3 Å².